The van der Waals surface area contributed by atoms with Crippen LogP contribution in [0.15, 0.2) is 121 Å². The summed E-state index contributed by atoms with van der Waals surface area (Å²) in [4.78, 5) is 0. The van der Waals surface area contributed by atoms with Gasteiger partial charge >= 0.3 is 29.6 Å². The van der Waals surface area contributed by atoms with Gasteiger partial charge in [0.05, 0.1) is 0 Å². The molecule has 0 unspecified atom stereocenters. The zero-order valence-corrected chi connectivity index (χ0v) is 17.0. The maximum atomic E-state index is 2.12. The normalized spacial score (nSPS) is 8.92. The van der Waals surface area contributed by atoms with Crippen molar-refractivity contribution in [1.29, 1.82) is 0 Å². The molecule has 0 aliphatic carbocycles. The fraction of sp³-hybridized carbons (Fsp3) is 0. The summed E-state index contributed by atoms with van der Waals surface area (Å²) in [5.74, 6) is 0. The first kappa shape index (κ1) is 21.9. The first-order valence-corrected chi connectivity index (χ1v) is 8.14. The summed E-state index contributed by atoms with van der Waals surface area (Å²) in [7, 11) is 0. The van der Waals surface area contributed by atoms with E-state index in [-0.39, 0.29) is 36.5 Å². The van der Waals surface area contributed by atoms with Crippen LogP contribution < -0.4 is 29.6 Å². The van der Waals surface area contributed by atoms with Crippen LogP contribution in [0.4, 0.5) is 0 Å². The van der Waals surface area contributed by atoms with Crippen molar-refractivity contribution in [2.45, 2.75) is 0 Å². The predicted molar refractivity (Wildman–Crippen MR) is 108 cm³/mol. The molecule has 4 rings (SSSR count). The van der Waals surface area contributed by atoms with Crippen molar-refractivity contribution in [3.05, 3.63) is 121 Å². The van der Waals surface area contributed by atoms with Crippen molar-refractivity contribution in [2.75, 3.05) is 0 Å². The average Bonchev–Trinajstić information content (AvgIpc) is 2.71. The first-order valence-electron chi connectivity index (χ1n) is 8.14. The zero-order chi connectivity index (χ0) is 16.5. The second kappa shape index (κ2) is 12.2. The predicted octanol–water partition coefficient (Wildman–Crippen LogP) is 3.00. The Balaban J connectivity index is 0.000000451. The third-order valence-corrected chi connectivity index (χ3v) is 3.76. The van der Waals surface area contributed by atoms with Gasteiger partial charge in [-0.25, -0.2) is 0 Å². The molecule has 4 aromatic carbocycles. The quantitative estimate of drug-likeness (QED) is 0.498. The molecule has 2 N–H and O–H groups in total. The molecule has 0 heterocycles. The maximum absolute atomic E-state index is 2.12. The van der Waals surface area contributed by atoms with Gasteiger partial charge < -0.3 is 6.90 Å². The molecule has 0 amide bonds. The molecule has 0 spiro atoms. The smallest absolute Gasteiger partial charge is 1.00 e. The Bertz CT molecular complexity index is 688. The van der Waals surface area contributed by atoms with Gasteiger partial charge in [0.1, 0.15) is 0 Å². The van der Waals surface area contributed by atoms with Crippen molar-refractivity contribution in [3.8, 4) is 22.3 Å². The maximum Gasteiger partial charge on any atom is 1.00 e. The molecule has 0 bridgehead atoms. The molecule has 0 radical (unpaired) electrons. The number of hydrogen-bond donors (Lipinski definition) is 0. The van der Waals surface area contributed by atoms with Crippen molar-refractivity contribution in [2.24, 2.45) is 0 Å². The van der Waals surface area contributed by atoms with E-state index >= 15 is 0 Å². The number of benzene rings is 4. The third-order valence-electron chi connectivity index (χ3n) is 3.76. The summed E-state index contributed by atoms with van der Waals surface area (Å²) < 4.78 is 0. The van der Waals surface area contributed by atoms with Crippen LogP contribution in [0.2, 0.25) is 0 Å². The second-order valence-corrected chi connectivity index (χ2v) is 5.46. The van der Waals surface area contributed by atoms with Crippen LogP contribution in [0.1, 0.15) is 1.43 Å². The fourth-order valence-corrected chi connectivity index (χ4v) is 2.52. The van der Waals surface area contributed by atoms with E-state index in [1.165, 1.54) is 22.3 Å². The summed E-state index contributed by atoms with van der Waals surface area (Å²) >= 11 is 0. The Morgan fingerprint density at radius 3 is 0.615 bits per heavy atom. The molecular formula is C24H23NaO. The standard InChI is InChI=1S/2C12H10.Na.H2O.H/c2*1-3-7-11(8-4-1)12-9-5-2-6-10-12;;;/h2*1-10H;;1H2;/q;;+1;;-1. The van der Waals surface area contributed by atoms with Crippen LogP contribution in [-0.2, 0) is 0 Å². The van der Waals surface area contributed by atoms with Crippen molar-refractivity contribution in [1.82, 2.24) is 0 Å². The van der Waals surface area contributed by atoms with Gasteiger partial charge in [0, 0.05) is 0 Å². The van der Waals surface area contributed by atoms with Gasteiger partial charge in [0.25, 0.3) is 0 Å². The number of rotatable bonds is 2. The molecule has 26 heavy (non-hydrogen) atoms. The van der Waals surface area contributed by atoms with Gasteiger partial charge in [0.2, 0.25) is 0 Å². The first-order chi connectivity index (χ1) is 11.9. The third kappa shape index (κ3) is 6.62. The van der Waals surface area contributed by atoms with Gasteiger partial charge in [-0.05, 0) is 22.3 Å². The van der Waals surface area contributed by atoms with Crippen LogP contribution in [0.3, 0.4) is 0 Å². The summed E-state index contributed by atoms with van der Waals surface area (Å²) in [6.07, 6.45) is 0. The zero-order valence-electron chi connectivity index (χ0n) is 16.0. The minimum absolute atomic E-state index is 0. The SMILES string of the molecule is O.[H-].[Na+].c1ccc(-c2ccccc2)cc1.c1ccc(-c2ccccc2)cc1. The molecule has 0 fully saturated rings. The van der Waals surface area contributed by atoms with Gasteiger partial charge in [-0.3, -0.25) is 0 Å². The van der Waals surface area contributed by atoms with E-state index < -0.39 is 0 Å². The molecule has 0 aromatic heterocycles. The van der Waals surface area contributed by atoms with Crippen molar-refractivity contribution >= 4 is 0 Å². The van der Waals surface area contributed by atoms with Gasteiger partial charge in [-0.15, -0.1) is 0 Å². The summed E-state index contributed by atoms with van der Waals surface area (Å²) in [6, 6.07) is 41.6. The molecule has 0 saturated heterocycles. The Labute approximate surface area is 179 Å². The number of hydrogen-bond acceptors (Lipinski definition) is 0. The molecule has 0 aliphatic heterocycles. The van der Waals surface area contributed by atoms with E-state index in [0.29, 0.717) is 0 Å². The topological polar surface area (TPSA) is 31.5 Å². The Hall–Kier alpha value is -2.16. The summed E-state index contributed by atoms with van der Waals surface area (Å²) in [5.41, 5.74) is 5.10. The molecule has 2 heteroatoms. The fourth-order valence-electron chi connectivity index (χ4n) is 2.52. The van der Waals surface area contributed by atoms with Crippen LogP contribution in [0.5, 0.6) is 0 Å². The van der Waals surface area contributed by atoms with Crippen LogP contribution in [0, 0.1) is 0 Å². The molecule has 0 aliphatic rings. The molecule has 126 valence electrons. The monoisotopic (exact) mass is 350 g/mol. The molecule has 0 saturated carbocycles. The van der Waals surface area contributed by atoms with E-state index in [9.17, 15) is 0 Å². The van der Waals surface area contributed by atoms with Crippen molar-refractivity contribution < 1.29 is 36.5 Å². The van der Waals surface area contributed by atoms with E-state index in [1.807, 2.05) is 24.3 Å². The molecule has 1 nitrogen and oxygen atoms in total. The van der Waals surface area contributed by atoms with Crippen molar-refractivity contribution in [3.63, 3.8) is 0 Å². The van der Waals surface area contributed by atoms with E-state index in [2.05, 4.69) is 97.1 Å². The summed E-state index contributed by atoms with van der Waals surface area (Å²) in [5, 5.41) is 0. The van der Waals surface area contributed by atoms with Crippen LogP contribution in [-0.4, -0.2) is 5.48 Å². The molecule has 0 atom stereocenters. The van der Waals surface area contributed by atoms with Gasteiger partial charge in [-0.2, -0.15) is 0 Å². The molecular weight excluding hydrogens is 327 g/mol. The van der Waals surface area contributed by atoms with Gasteiger partial charge in [0.15, 0.2) is 0 Å². The minimum Gasteiger partial charge on any atom is -1.00 e. The van der Waals surface area contributed by atoms with Gasteiger partial charge in [-0.1, -0.05) is 121 Å². The van der Waals surface area contributed by atoms with Crippen LogP contribution >= 0.6 is 0 Å². The van der Waals surface area contributed by atoms with E-state index in [4.69, 9.17) is 0 Å². The largest absolute Gasteiger partial charge is 1.00 e. The second-order valence-electron chi connectivity index (χ2n) is 5.46. The Morgan fingerprint density at radius 1 is 0.308 bits per heavy atom. The minimum atomic E-state index is 0. The Morgan fingerprint density at radius 2 is 0.462 bits per heavy atom. The average molecular weight is 350 g/mol. The summed E-state index contributed by atoms with van der Waals surface area (Å²) in [6.45, 7) is 0. The van der Waals surface area contributed by atoms with Crippen LogP contribution in [0.25, 0.3) is 22.3 Å². The van der Waals surface area contributed by atoms with E-state index in [0.717, 1.165) is 0 Å². The molecule has 4 aromatic rings. The van der Waals surface area contributed by atoms with E-state index in [1.54, 1.807) is 0 Å². The Kier molecular flexibility index (Phi) is 10.3.